The number of carbonyl (C=O) groups excluding carboxylic acids is 2. The number of hydrazine groups is 1. The number of hydrogen-bond acceptors (Lipinski definition) is 6. The molecule has 0 spiro atoms. The predicted octanol–water partition coefficient (Wildman–Crippen LogP) is 1.34. The van der Waals surface area contributed by atoms with E-state index in [0.717, 1.165) is 0 Å². The number of hydrogen-bond donors (Lipinski definition) is 2. The van der Waals surface area contributed by atoms with Gasteiger partial charge in [0, 0.05) is 17.7 Å². The van der Waals surface area contributed by atoms with Crippen molar-refractivity contribution in [1.82, 2.24) is 10.9 Å². The molecule has 0 aliphatic rings. The van der Waals surface area contributed by atoms with Gasteiger partial charge in [0.2, 0.25) is 0 Å². The van der Waals surface area contributed by atoms with Gasteiger partial charge in [0.05, 0.1) is 11.5 Å². The third-order valence-corrected chi connectivity index (χ3v) is 2.67. The first kappa shape index (κ1) is 17.3. The van der Waals surface area contributed by atoms with Crippen LogP contribution >= 0.6 is 0 Å². The van der Waals surface area contributed by atoms with E-state index in [1.807, 2.05) is 0 Å². The summed E-state index contributed by atoms with van der Waals surface area (Å²) in [6.45, 7) is 5.44. The molecule has 0 saturated carbocycles. The Kier molecular flexibility index (Phi) is 6.71. The molecule has 1 atom stereocenters. The maximum Gasteiger partial charge on any atom is 0.325 e. The quantitative estimate of drug-likeness (QED) is 0.324. The molecule has 22 heavy (non-hydrogen) atoms. The molecule has 0 aliphatic carbocycles. The number of amides is 1. The number of rotatable bonds is 8. The molecule has 1 unspecified atom stereocenters. The molecule has 2 N–H and O–H groups in total. The monoisotopic (exact) mass is 307 g/mol. The fourth-order valence-electron chi connectivity index (χ4n) is 1.58. The van der Waals surface area contributed by atoms with Gasteiger partial charge in [-0.05, 0) is 25.5 Å². The first-order chi connectivity index (χ1) is 10.5. The van der Waals surface area contributed by atoms with Crippen molar-refractivity contribution in [3.8, 4) is 0 Å². The van der Waals surface area contributed by atoms with E-state index < -0.39 is 22.8 Å². The smallest absolute Gasteiger partial charge is 0.325 e. The Morgan fingerprint density at radius 2 is 2.05 bits per heavy atom. The third-order valence-electron chi connectivity index (χ3n) is 2.67. The van der Waals surface area contributed by atoms with Gasteiger partial charge in [0.25, 0.3) is 11.6 Å². The van der Waals surface area contributed by atoms with Gasteiger partial charge in [0.15, 0.2) is 0 Å². The van der Waals surface area contributed by atoms with Gasteiger partial charge in [-0.25, -0.2) is 5.43 Å². The highest BCUT2D eigenvalue weighted by Crippen LogP contribution is 2.11. The Bertz CT molecular complexity index is 556. The van der Waals surface area contributed by atoms with Crippen molar-refractivity contribution in [3.05, 3.63) is 52.6 Å². The fraction of sp³-hybridized carbons (Fsp3) is 0.286. The van der Waals surface area contributed by atoms with Crippen LogP contribution in [0.5, 0.6) is 0 Å². The van der Waals surface area contributed by atoms with Gasteiger partial charge in [-0.2, -0.15) is 0 Å². The molecule has 0 bridgehead atoms. The van der Waals surface area contributed by atoms with Crippen molar-refractivity contribution >= 4 is 17.6 Å². The molecule has 0 saturated heterocycles. The molecule has 0 aromatic heterocycles. The molecule has 0 heterocycles. The maximum atomic E-state index is 11.9. The summed E-state index contributed by atoms with van der Waals surface area (Å²) in [7, 11) is 0. The van der Waals surface area contributed by atoms with E-state index in [0.29, 0.717) is 0 Å². The number of non-ortho nitro benzene ring substituents is 1. The van der Waals surface area contributed by atoms with Crippen molar-refractivity contribution in [2.24, 2.45) is 0 Å². The zero-order chi connectivity index (χ0) is 16.5. The number of esters is 1. The predicted molar refractivity (Wildman–Crippen MR) is 78.9 cm³/mol. The number of carbonyl (C=O) groups is 2. The van der Waals surface area contributed by atoms with Crippen LogP contribution in [0.2, 0.25) is 0 Å². The minimum atomic E-state index is -0.751. The van der Waals surface area contributed by atoms with Crippen LogP contribution in [0, 0.1) is 10.1 Å². The maximum absolute atomic E-state index is 11.9. The number of nitrogens with zero attached hydrogens (tertiary/aromatic N) is 1. The van der Waals surface area contributed by atoms with Crippen molar-refractivity contribution in [2.45, 2.75) is 19.4 Å². The molecular formula is C14H17N3O5. The molecular weight excluding hydrogens is 290 g/mol. The second-order valence-electron chi connectivity index (χ2n) is 4.23. The zero-order valence-corrected chi connectivity index (χ0v) is 12.1. The van der Waals surface area contributed by atoms with Gasteiger partial charge < -0.3 is 4.74 Å². The molecule has 8 heteroatoms. The Balaban J connectivity index is 2.64. The molecule has 1 amide bonds. The summed E-state index contributed by atoms with van der Waals surface area (Å²) in [6, 6.07) is 4.34. The van der Waals surface area contributed by atoms with Gasteiger partial charge >= 0.3 is 5.97 Å². The molecule has 8 nitrogen and oxygen atoms in total. The fourth-order valence-corrected chi connectivity index (χ4v) is 1.58. The van der Waals surface area contributed by atoms with E-state index in [-0.39, 0.29) is 24.3 Å². The van der Waals surface area contributed by atoms with E-state index in [9.17, 15) is 19.7 Å². The number of nitro benzene ring substituents is 1. The Morgan fingerprint density at radius 1 is 1.41 bits per heavy atom. The van der Waals surface area contributed by atoms with Gasteiger partial charge in [-0.3, -0.25) is 25.1 Å². The lowest BCUT2D eigenvalue weighted by Gasteiger charge is -2.16. The van der Waals surface area contributed by atoms with Crippen molar-refractivity contribution in [2.75, 3.05) is 6.61 Å². The third kappa shape index (κ3) is 4.98. The minimum Gasteiger partial charge on any atom is -0.465 e. The molecule has 0 aliphatic heterocycles. The van der Waals surface area contributed by atoms with Crippen LogP contribution in [-0.4, -0.2) is 29.4 Å². The molecule has 118 valence electrons. The normalized spacial score (nSPS) is 11.3. The van der Waals surface area contributed by atoms with Crippen LogP contribution in [0.1, 0.15) is 23.7 Å². The van der Waals surface area contributed by atoms with E-state index in [4.69, 9.17) is 4.74 Å². The minimum absolute atomic E-state index is 0.111. The van der Waals surface area contributed by atoms with Crippen LogP contribution in [-0.2, 0) is 9.53 Å². The topological polar surface area (TPSA) is 111 Å². The zero-order valence-electron chi connectivity index (χ0n) is 12.1. The van der Waals surface area contributed by atoms with Crippen molar-refractivity contribution in [1.29, 1.82) is 0 Å². The molecule has 1 aromatic rings. The lowest BCUT2D eigenvalue weighted by Crippen LogP contribution is -2.48. The summed E-state index contributed by atoms with van der Waals surface area (Å²) >= 11 is 0. The van der Waals surface area contributed by atoms with Gasteiger partial charge in [-0.15, -0.1) is 6.58 Å². The van der Waals surface area contributed by atoms with Crippen LogP contribution < -0.4 is 10.9 Å². The summed E-state index contributed by atoms with van der Waals surface area (Å²) in [5.74, 6) is -1.03. The summed E-state index contributed by atoms with van der Waals surface area (Å²) in [6.07, 6.45) is 1.80. The van der Waals surface area contributed by atoms with Crippen molar-refractivity contribution < 1.29 is 19.2 Å². The van der Waals surface area contributed by atoms with Crippen molar-refractivity contribution in [3.63, 3.8) is 0 Å². The molecule has 1 aromatic carbocycles. The van der Waals surface area contributed by atoms with Crippen LogP contribution in [0.4, 0.5) is 5.69 Å². The molecule has 0 radical (unpaired) electrons. The number of nitro groups is 1. The first-order valence-corrected chi connectivity index (χ1v) is 6.57. The van der Waals surface area contributed by atoms with E-state index in [1.165, 1.54) is 30.3 Å². The number of ether oxygens (including phenoxy) is 1. The lowest BCUT2D eigenvalue weighted by atomic mass is 10.2. The number of benzene rings is 1. The Labute approximate surface area is 127 Å². The molecule has 1 rings (SSSR count). The first-order valence-electron chi connectivity index (χ1n) is 6.57. The summed E-state index contributed by atoms with van der Waals surface area (Å²) in [5, 5.41) is 10.5. The Morgan fingerprint density at radius 3 is 2.55 bits per heavy atom. The Hall–Kier alpha value is -2.74. The highest BCUT2D eigenvalue weighted by atomic mass is 16.6. The van der Waals surface area contributed by atoms with E-state index in [2.05, 4.69) is 17.4 Å². The van der Waals surface area contributed by atoms with Crippen LogP contribution in [0.25, 0.3) is 0 Å². The summed E-state index contributed by atoms with van der Waals surface area (Å²) in [5.41, 5.74) is 5.04. The lowest BCUT2D eigenvalue weighted by molar-refractivity contribution is -0.384. The summed E-state index contributed by atoms with van der Waals surface area (Å²) < 4.78 is 4.86. The van der Waals surface area contributed by atoms with E-state index >= 15 is 0 Å². The highest BCUT2D eigenvalue weighted by molar-refractivity contribution is 5.94. The summed E-state index contributed by atoms with van der Waals surface area (Å²) in [4.78, 5) is 33.5. The second-order valence-corrected chi connectivity index (χ2v) is 4.23. The highest BCUT2D eigenvalue weighted by Gasteiger charge is 2.19. The van der Waals surface area contributed by atoms with Crippen LogP contribution in [0.15, 0.2) is 36.9 Å². The SMILES string of the molecule is C=CCC(NNC(=O)c1ccc([N+](=O)[O-])cc1)C(=O)OCC. The number of nitrogens with one attached hydrogen (secondary N) is 2. The van der Waals surface area contributed by atoms with Gasteiger partial charge in [-0.1, -0.05) is 6.08 Å². The van der Waals surface area contributed by atoms with E-state index in [1.54, 1.807) is 6.92 Å². The average Bonchev–Trinajstić information content (AvgIpc) is 2.51. The molecule has 0 fully saturated rings. The van der Waals surface area contributed by atoms with Gasteiger partial charge in [0.1, 0.15) is 6.04 Å². The largest absolute Gasteiger partial charge is 0.465 e. The van der Waals surface area contributed by atoms with Crippen LogP contribution in [0.3, 0.4) is 0 Å². The average molecular weight is 307 g/mol. The standard InChI is InChI=1S/C14H17N3O5/c1-3-5-12(14(19)22-4-2)15-16-13(18)10-6-8-11(9-7-10)17(20)21/h3,6-9,12,15H,1,4-5H2,2H3,(H,16,18). The second kappa shape index (κ2) is 8.53.